The SMILES string of the molecule is COC(=O)[C@H]1C(=O)NC(SCC(=O)Nc2c(C)cccc2C)=C(C#N)[C@@H]1c1cccc(Br)c1. The van der Waals surface area contributed by atoms with Gasteiger partial charge in [0.1, 0.15) is 5.92 Å². The van der Waals surface area contributed by atoms with Crippen LogP contribution in [0.4, 0.5) is 5.69 Å². The summed E-state index contributed by atoms with van der Waals surface area (Å²) >= 11 is 4.44. The molecule has 7 nitrogen and oxygen atoms in total. The number of para-hydroxylation sites is 1. The number of carbonyl (C=O) groups is 3. The van der Waals surface area contributed by atoms with Gasteiger partial charge in [0.05, 0.1) is 29.5 Å². The number of nitrogens with one attached hydrogen (secondary N) is 2. The molecule has 2 N–H and O–H groups in total. The van der Waals surface area contributed by atoms with E-state index in [4.69, 9.17) is 4.74 Å². The Morgan fingerprint density at radius 2 is 1.88 bits per heavy atom. The second kappa shape index (κ2) is 10.7. The highest BCUT2D eigenvalue weighted by atomic mass is 79.9. The van der Waals surface area contributed by atoms with Crippen LogP contribution in [0.5, 0.6) is 0 Å². The van der Waals surface area contributed by atoms with Crippen molar-refractivity contribution in [1.82, 2.24) is 5.32 Å². The maximum Gasteiger partial charge on any atom is 0.319 e. The highest BCUT2D eigenvalue weighted by molar-refractivity contribution is 9.10. The summed E-state index contributed by atoms with van der Waals surface area (Å²) < 4.78 is 5.59. The number of hydrogen-bond acceptors (Lipinski definition) is 6. The molecule has 0 saturated heterocycles. The predicted octanol–water partition coefficient (Wildman–Crippen LogP) is 4.18. The summed E-state index contributed by atoms with van der Waals surface area (Å²) in [4.78, 5) is 37.9. The molecule has 0 aliphatic carbocycles. The zero-order valence-corrected chi connectivity index (χ0v) is 20.7. The van der Waals surface area contributed by atoms with Crippen molar-refractivity contribution in [2.24, 2.45) is 5.92 Å². The molecule has 0 saturated carbocycles. The van der Waals surface area contributed by atoms with Crippen LogP contribution in [0.3, 0.4) is 0 Å². The van der Waals surface area contributed by atoms with Crippen molar-refractivity contribution in [3.8, 4) is 6.07 Å². The molecule has 0 unspecified atom stereocenters. The Hall–Kier alpha value is -3.09. The number of carbonyl (C=O) groups excluding carboxylic acids is 3. The lowest BCUT2D eigenvalue weighted by atomic mass is 9.78. The molecule has 0 aromatic heterocycles. The predicted molar refractivity (Wildman–Crippen MR) is 130 cm³/mol. The molecule has 2 atom stereocenters. The summed E-state index contributed by atoms with van der Waals surface area (Å²) in [5.41, 5.74) is 3.43. The van der Waals surface area contributed by atoms with E-state index in [0.29, 0.717) is 5.56 Å². The first-order valence-corrected chi connectivity index (χ1v) is 11.8. The summed E-state index contributed by atoms with van der Waals surface area (Å²) in [6.45, 7) is 3.81. The van der Waals surface area contributed by atoms with Gasteiger partial charge < -0.3 is 15.4 Å². The fraction of sp³-hybridized carbons (Fsp3) is 0.250. The van der Waals surface area contributed by atoms with E-state index in [-0.39, 0.29) is 22.3 Å². The van der Waals surface area contributed by atoms with Crippen LogP contribution in [0.2, 0.25) is 0 Å². The van der Waals surface area contributed by atoms with Crippen LogP contribution >= 0.6 is 27.7 Å². The summed E-state index contributed by atoms with van der Waals surface area (Å²) in [5.74, 6) is -3.66. The largest absolute Gasteiger partial charge is 0.468 e. The number of anilines is 1. The number of rotatable bonds is 6. The molecule has 33 heavy (non-hydrogen) atoms. The maximum absolute atomic E-state index is 12.9. The molecule has 1 aliphatic rings. The Labute approximate surface area is 204 Å². The van der Waals surface area contributed by atoms with Gasteiger partial charge in [0.25, 0.3) is 0 Å². The average Bonchev–Trinajstić information content (AvgIpc) is 2.79. The normalized spacial score (nSPS) is 17.7. The Kier molecular flexibility index (Phi) is 7.95. The molecule has 2 amide bonds. The maximum atomic E-state index is 12.9. The van der Waals surface area contributed by atoms with Crippen LogP contribution in [-0.2, 0) is 19.1 Å². The number of aryl methyl sites for hydroxylation is 2. The molecule has 170 valence electrons. The number of benzene rings is 2. The van der Waals surface area contributed by atoms with Gasteiger partial charge >= 0.3 is 5.97 Å². The molecule has 2 aromatic rings. The number of allylic oxidation sites excluding steroid dienone is 1. The van der Waals surface area contributed by atoms with Crippen molar-refractivity contribution in [1.29, 1.82) is 5.26 Å². The number of ether oxygens (including phenoxy) is 1. The highest BCUT2D eigenvalue weighted by Crippen LogP contribution is 2.40. The minimum atomic E-state index is -1.22. The van der Waals surface area contributed by atoms with Crippen molar-refractivity contribution in [3.63, 3.8) is 0 Å². The van der Waals surface area contributed by atoms with E-state index in [1.54, 1.807) is 18.2 Å². The summed E-state index contributed by atoms with van der Waals surface area (Å²) in [6.07, 6.45) is 0. The van der Waals surface area contributed by atoms with E-state index >= 15 is 0 Å². The van der Waals surface area contributed by atoms with Crippen molar-refractivity contribution in [3.05, 3.63) is 74.2 Å². The number of thioether (sulfide) groups is 1. The molecule has 3 rings (SSSR count). The van der Waals surface area contributed by atoms with E-state index < -0.39 is 23.7 Å². The second-order valence-corrected chi connectivity index (χ2v) is 9.38. The first kappa shape index (κ1) is 24.6. The molecular formula is C24H22BrN3O4S. The van der Waals surface area contributed by atoms with Crippen LogP contribution in [-0.4, -0.2) is 30.6 Å². The van der Waals surface area contributed by atoms with Crippen LogP contribution in [0.25, 0.3) is 0 Å². The lowest BCUT2D eigenvalue weighted by molar-refractivity contribution is -0.150. The second-order valence-electron chi connectivity index (χ2n) is 7.48. The van der Waals surface area contributed by atoms with Crippen LogP contribution < -0.4 is 10.6 Å². The Bertz CT molecular complexity index is 1170. The van der Waals surface area contributed by atoms with E-state index in [2.05, 4.69) is 32.6 Å². The highest BCUT2D eigenvalue weighted by Gasteiger charge is 2.44. The summed E-state index contributed by atoms with van der Waals surface area (Å²) in [6, 6.07) is 14.9. The van der Waals surface area contributed by atoms with E-state index in [9.17, 15) is 19.6 Å². The van der Waals surface area contributed by atoms with Gasteiger partial charge in [-0.2, -0.15) is 5.26 Å². The number of halogens is 1. The molecular weight excluding hydrogens is 506 g/mol. The van der Waals surface area contributed by atoms with Crippen LogP contribution in [0.1, 0.15) is 22.6 Å². The van der Waals surface area contributed by atoms with E-state index in [1.165, 1.54) is 7.11 Å². The average molecular weight is 528 g/mol. The number of nitrogens with zero attached hydrogens (tertiary/aromatic N) is 1. The van der Waals surface area contributed by atoms with Gasteiger partial charge in [0.15, 0.2) is 0 Å². The molecule has 0 radical (unpaired) electrons. The van der Waals surface area contributed by atoms with Gasteiger partial charge in [-0.1, -0.05) is 58.0 Å². The minimum Gasteiger partial charge on any atom is -0.468 e. The summed E-state index contributed by atoms with van der Waals surface area (Å²) in [7, 11) is 1.20. The minimum absolute atomic E-state index is 0.0251. The summed E-state index contributed by atoms with van der Waals surface area (Å²) in [5, 5.41) is 15.7. The number of esters is 1. The molecule has 1 aliphatic heterocycles. The molecule has 0 fully saturated rings. The Balaban J connectivity index is 1.91. The topological polar surface area (TPSA) is 108 Å². The monoisotopic (exact) mass is 527 g/mol. The van der Waals surface area contributed by atoms with Gasteiger partial charge in [-0.3, -0.25) is 14.4 Å². The Morgan fingerprint density at radius 3 is 2.48 bits per heavy atom. The quantitative estimate of drug-likeness (QED) is 0.431. The van der Waals surface area contributed by atoms with Gasteiger partial charge in [-0.05, 0) is 42.7 Å². The van der Waals surface area contributed by atoms with E-state index in [1.807, 2.05) is 38.1 Å². The molecule has 9 heteroatoms. The fourth-order valence-corrected chi connectivity index (χ4v) is 4.97. The first-order valence-electron chi connectivity index (χ1n) is 10.0. The fourth-order valence-electron chi connectivity index (χ4n) is 3.70. The van der Waals surface area contributed by atoms with Crippen molar-refractivity contribution >= 4 is 51.2 Å². The van der Waals surface area contributed by atoms with E-state index in [0.717, 1.165) is 33.0 Å². The number of methoxy groups -OCH3 is 1. The number of nitriles is 1. The molecule has 0 spiro atoms. The third-order valence-corrected chi connectivity index (χ3v) is 6.80. The van der Waals surface area contributed by atoms with Gasteiger partial charge in [0, 0.05) is 16.1 Å². The van der Waals surface area contributed by atoms with Crippen LogP contribution in [0.15, 0.2) is 57.5 Å². The standard InChI is InChI=1S/C24H22BrN3O4S/c1-13-6-4-7-14(2)21(13)27-18(29)12-33-23-17(11-26)19(15-8-5-9-16(25)10-15)20(22(30)28-23)24(31)32-3/h4-10,19-20H,12H2,1-3H3,(H,27,29)(H,28,30)/t19-,20+/m0/s1. The molecule has 1 heterocycles. The third-order valence-electron chi connectivity index (χ3n) is 5.28. The zero-order chi connectivity index (χ0) is 24.1. The number of amides is 2. The smallest absolute Gasteiger partial charge is 0.319 e. The van der Waals surface area contributed by atoms with Crippen molar-refractivity contribution < 1.29 is 19.1 Å². The van der Waals surface area contributed by atoms with Crippen LogP contribution in [0, 0.1) is 31.1 Å². The molecule has 2 aromatic carbocycles. The lowest BCUT2D eigenvalue weighted by Crippen LogP contribution is -2.44. The van der Waals surface area contributed by atoms with Crippen molar-refractivity contribution in [2.75, 3.05) is 18.2 Å². The van der Waals surface area contributed by atoms with Gasteiger partial charge in [0.2, 0.25) is 11.8 Å². The zero-order valence-electron chi connectivity index (χ0n) is 18.3. The first-order chi connectivity index (χ1) is 15.8. The lowest BCUT2D eigenvalue weighted by Gasteiger charge is -2.31. The van der Waals surface area contributed by atoms with Gasteiger partial charge in [-0.15, -0.1) is 0 Å². The number of hydrogen-bond donors (Lipinski definition) is 2. The third kappa shape index (κ3) is 5.46. The van der Waals surface area contributed by atoms with Gasteiger partial charge in [-0.25, -0.2) is 0 Å². The molecule has 0 bridgehead atoms. The Morgan fingerprint density at radius 1 is 1.21 bits per heavy atom. The van der Waals surface area contributed by atoms with Crippen molar-refractivity contribution in [2.45, 2.75) is 19.8 Å².